The molecule has 6 aromatic rings. The van der Waals surface area contributed by atoms with Gasteiger partial charge in [-0.3, -0.25) is 0 Å². The zero-order chi connectivity index (χ0) is 23.7. The highest BCUT2D eigenvalue weighted by Gasteiger charge is 2.39. The summed E-state index contributed by atoms with van der Waals surface area (Å²) in [6, 6.07) is 28.5. The molecule has 6 rings (SSSR count). The standard InChI is InChI=1S/C24H18N9OP/c34-35(22-16-31(28-25-22)19-10-4-1-5-11-19,23-17-32(29-26-23)20-12-6-2-7-13-20)24-18-33(30-27-24)21-14-8-3-9-15-21/h1-18H. The van der Waals surface area contributed by atoms with E-state index in [2.05, 4.69) is 30.9 Å². The van der Waals surface area contributed by atoms with Gasteiger partial charge < -0.3 is 4.57 Å². The molecular formula is C24H18N9OP. The predicted octanol–water partition coefficient (Wildman–Crippen LogP) is 2.07. The van der Waals surface area contributed by atoms with Gasteiger partial charge in [0.2, 0.25) is 7.14 Å². The van der Waals surface area contributed by atoms with Crippen LogP contribution in [0, 0.1) is 0 Å². The van der Waals surface area contributed by atoms with E-state index in [4.69, 9.17) is 0 Å². The maximum absolute atomic E-state index is 14.8. The maximum atomic E-state index is 14.8. The molecule has 0 fully saturated rings. The second-order valence-electron chi connectivity index (χ2n) is 7.68. The number of nitrogens with zero attached hydrogens (tertiary/aromatic N) is 9. The van der Waals surface area contributed by atoms with Crippen LogP contribution in [0.25, 0.3) is 17.1 Å². The molecule has 0 aliphatic rings. The van der Waals surface area contributed by atoms with Crippen molar-refractivity contribution in [1.82, 2.24) is 45.0 Å². The third-order valence-corrected chi connectivity index (χ3v) is 8.02. The summed E-state index contributed by atoms with van der Waals surface area (Å²) in [5.41, 5.74) is 3.08. The van der Waals surface area contributed by atoms with Crippen LogP contribution >= 0.6 is 7.14 Å². The van der Waals surface area contributed by atoms with E-state index in [1.54, 1.807) is 32.6 Å². The molecule has 3 aromatic carbocycles. The Morgan fingerprint density at radius 3 is 1.03 bits per heavy atom. The molecule has 0 aliphatic heterocycles. The van der Waals surface area contributed by atoms with Gasteiger partial charge in [0.05, 0.1) is 35.7 Å². The van der Waals surface area contributed by atoms with E-state index in [1.165, 1.54) is 0 Å². The van der Waals surface area contributed by atoms with E-state index < -0.39 is 7.14 Å². The molecule has 3 heterocycles. The van der Waals surface area contributed by atoms with E-state index in [0.717, 1.165) is 17.1 Å². The lowest BCUT2D eigenvalue weighted by Crippen LogP contribution is -2.28. The van der Waals surface area contributed by atoms with Crippen molar-refractivity contribution in [3.8, 4) is 17.1 Å². The fraction of sp³-hybridized carbons (Fsp3) is 0. The molecular weight excluding hydrogens is 461 g/mol. The van der Waals surface area contributed by atoms with Crippen molar-refractivity contribution in [2.75, 3.05) is 0 Å². The van der Waals surface area contributed by atoms with Crippen molar-refractivity contribution < 1.29 is 4.57 Å². The summed E-state index contributed by atoms with van der Waals surface area (Å²) in [5.74, 6) is 0. The topological polar surface area (TPSA) is 109 Å². The fourth-order valence-corrected chi connectivity index (χ4v) is 5.69. The van der Waals surface area contributed by atoms with Crippen LogP contribution in [0.1, 0.15) is 0 Å². The maximum Gasteiger partial charge on any atom is 0.233 e. The molecule has 0 saturated carbocycles. The molecule has 11 heteroatoms. The van der Waals surface area contributed by atoms with Crippen LogP contribution < -0.4 is 16.3 Å². The van der Waals surface area contributed by atoms with Crippen molar-refractivity contribution in [2.45, 2.75) is 0 Å². The van der Waals surface area contributed by atoms with Gasteiger partial charge in [0, 0.05) is 0 Å². The summed E-state index contributed by atoms with van der Waals surface area (Å²) >= 11 is 0. The second kappa shape index (κ2) is 8.58. The minimum absolute atomic E-state index is 0.238. The number of rotatable bonds is 6. The Hall–Kier alpha value is -4.69. The lowest BCUT2D eigenvalue weighted by molar-refractivity contribution is 0.590. The smallest absolute Gasteiger partial charge is 0.233 e. The summed E-state index contributed by atoms with van der Waals surface area (Å²) < 4.78 is 19.5. The highest BCUT2D eigenvalue weighted by molar-refractivity contribution is 7.84. The molecule has 0 spiro atoms. The van der Waals surface area contributed by atoms with Gasteiger partial charge in [0.15, 0.2) is 16.3 Å². The molecule has 10 nitrogen and oxygen atoms in total. The van der Waals surface area contributed by atoms with Gasteiger partial charge in [-0.2, -0.15) is 0 Å². The highest BCUT2D eigenvalue weighted by Crippen LogP contribution is 2.40. The molecule has 170 valence electrons. The first-order valence-electron chi connectivity index (χ1n) is 10.8. The van der Waals surface area contributed by atoms with Crippen molar-refractivity contribution in [3.63, 3.8) is 0 Å². The zero-order valence-electron chi connectivity index (χ0n) is 18.3. The number of para-hydroxylation sites is 3. The highest BCUT2D eigenvalue weighted by atomic mass is 31.2. The molecule has 0 atom stereocenters. The van der Waals surface area contributed by atoms with Gasteiger partial charge in [-0.05, 0) is 36.4 Å². The van der Waals surface area contributed by atoms with Crippen molar-refractivity contribution in [1.29, 1.82) is 0 Å². The SMILES string of the molecule is O=P(c1cn(-c2ccccc2)nn1)(c1cn(-c2ccccc2)nn1)c1cn(-c2ccccc2)nn1. The van der Waals surface area contributed by atoms with Gasteiger partial charge in [-0.15, -0.1) is 15.3 Å². The Morgan fingerprint density at radius 2 is 0.743 bits per heavy atom. The summed E-state index contributed by atoms with van der Waals surface area (Å²) in [7, 11) is -3.66. The van der Waals surface area contributed by atoms with Crippen LogP contribution in [0.3, 0.4) is 0 Å². The molecule has 35 heavy (non-hydrogen) atoms. The average molecular weight is 479 g/mol. The van der Waals surface area contributed by atoms with E-state index in [-0.39, 0.29) is 16.3 Å². The number of aromatic nitrogens is 9. The van der Waals surface area contributed by atoms with Gasteiger partial charge in [0.1, 0.15) is 0 Å². The molecule has 0 aliphatic carbocycles. The van der Waals surface area contributed by atoms with Crippen LogP contribution in [-0.2, 0) is 4.57 Å². The molecule has 0 saturated heterocycles. The first-order valence-corrected chi connectivity index (χ1v) is 12.5. The normalized spacial score (nSPS) is 11.5. The average Bonchev–Trinajstić information content (AvgIpc) is 3.71. The van der Waals surface area contributed by atoms with E-state index in [1.807, 2.05) is 91.0 Å². The van der Waals surface area contributed by atoms with Crippen LogP contribution in [-0.4, -0.2) is 45.0 Å². The Morgan fingerprint density at radius 1 is 0.457 bits per heavy atom. The second-order valence-corrected chi connectivity index (χ2v) is 10.3. The monoisotopic (exact) mass is 479 g/mol. The van der Waals surface area contributed by atoms with Gasteiger partial charge in [-0.1, -0.05) is 70.2 Å². The molecule has 3 aromatic heterocycles. The Kier molecular flexibility index (Phi) is 5.12. The summed E-state index contributed by atoms with van der Waals surface area (Å²) in [5, 5.41) is 25.5. The summed E-state index contributed by atoms with van der Waals surface area (Å²) in [6.45, 7) is 0. The molecule has 0 unspecified atom stereocenters. The first-order chi connectivity index (χ1) is 17.2. The van der Waals surface area contributed by atoms with Crippen LogP contribution in [0.2, 0.25) is 0 Å². The van der Waals surface area contributed by atoms with Crippen LogP contribution in [0.5, 0.6) is 0 Å². The van der Waals surface area contributed by atoms with E-state index >= 15 is 0 Å². The van der Waals surface area contributed by atoms with Gasteiger partial charge >= 0.3 is 0 Å². The molecule has 0 radical (unpaired) electrons. The Balaban J connectivity index is 1.49. The Labute approximate surface area is 199 Å². The Bertz CT molecular complexity index is 1430. The van der Waals surface area contributed by atoms with Gasteiger partial charge in [-0.25, -0.2) is 14.0 Å². The number of benzene rings is 3. The third kappa shape index (κ3) is 3.75. The summed E-state index contributed by atoms with van der Waals surface area (Å²) in [6.07, 6.45) is 4.91. The minimum atomic E-state index is -3.66. The van der Waals surface area contributed by atoms with E-state index in [0.29, 0.717) is 0 Å². The lowest BCUT2D eigenvalue weighted by Gasteiger charge is -2.09. The van der Waals surface area contributed by atoms with Gasteiger partial charge in [0.25, 0.3) is 0 Å². The largest absolute Gasteiger partial charge is 0.303 e. The zero-order valence-corrected chi connectivity index (χ0v) is 19.2. The van der Waals surface area contributed by atoms with Crippen LogP contribution in [0.4, 0.5) is 0 Å². The minimum Gasteiger partial charge on any atom is -0.303 e. The quantitative estimate of drug-likeness (QED) is 0.337. The lowest BCUT2D eigenvalue weighted by atomic mass is 10.3. The molecule has 0 amide bonds. The van der Waals surface area contributed by atoms with Crippen molar-refractivity contribution in [2.24, 2.45) is 0 Å². The third-order valence-electron chi connectivity index (χ3n) is 5.47. The number of hydrogen-bond acceptors (Lipinski definition) is 7. The molecule has 0 bridgehead atoms. The van der Waals surface area contributed by atoms with Crippen LogP contribution in [0.15, 0.2) is 110 Å². The number of hydrogen-bond donors (Lipinski definition) is 0. The fourth-order valence-electron chi connectivity index (χ4n) is 3.67. The first kappa shape index (κ1) is 20.9. The van der Waals surface area contributed by atoms with Crippen molar-refractivity contribution in [3.05, 3.63) is 110 Å². The predicted molar refractivity (Wildman–Crippen MR) is 131 cm³/mol. The van der Waals surface area contributed by atoms with Crippen molar-refractivity contribution >= 4 is 23.4 Å². The molecule has 0 N–H and O–H groups in total. The van der Waals surface area contributed by atoms with E-state index in [9.17, 15) is 4.57 Å². The summed E-state index contributed by atoms with van der Waals surface area (Å²) in [4.78, 5) is 0.